The van der Waals surface area contributed by atoms with E-state index in [1.807, 2.05) is 0 Å². The van der Waals surface area contributed by atoms with Gasteiger partial charge in [-0.15, -0.1) is 0 Å². The summed E-state index contributed by atoms with van der Waals surface area (Å²) in [4.78, 5) is 0. The van der Waals surface area contributed by atoms with Crippen molar-refractivity contribution in [3.8, 4) is 0 Å². The van der Waals surface area contributed by atoms with Crippen LogP contribution in [0.15, 0.2) is 36.4 Å². The second-order valence-corrected chi connectivity index (χ2v) is 30.0. The number of rotatable bonds is 16. The SMILES string of the molecule is CC(C)C1C(C(C)C)C(C(C)C)C1C(C)C.CC(C)C1CC(C(C)C)C(C(C)C)CC1C(C)C.CC(C)c1cc(C(C)C)c(C(C)C)cc1C(C)C.CC(C)c1cc2cc(C(C)C)c(C(C)C)cc2cc1C(C)C. The van der Waals surface area contributed by atoms with Crippen LogP contribution in [-0.2, 0) is 0 Å². The minimum atomic E-state index is 0.578. The van der Waals surface area contributed by atoms with Crippen molar-refractivity contribution in [3.05, 3.63) is 80.9 Å². The smallest absolute Gasteiger partial charge is 0.0178 e. The maximum atomic E-state index is 2.47. The largest absolute Gasteiger partial charge is 0.0625 e. The molecule has 0 bridgehead atoms. The molecule has 4 atom stereocenters. The molecule has 5 rings (SSSR count). The lowest BCUT2D eigenvalue weighted by atomic mass is 9.45. The normalized spacial score (nSPS) is 22.5. The van der Waals surface area contributed by atoms with Gasteiger partial charge in [-0.3, -0.25) is 0 Å². The van der Waals surface area contributed by atoms with Gasteiger partial charge in [-0.05, 0) is 210 Å². The van der Waals surface area contributed by atoms with E-state index >= 15 is 0 Å². The third kappa shape index (κ3) is 17.5. The average Bonchev–Trinajstić information content (AvgIpc) is 3.26. The van der Waals surface area contributed by atoms with Crippen molar-refractivity contribution in [2.75, 3.05) is 0 Å². The molecule has 0 nitrogen and oxygen atoms in total. The van der Waals surface area contributed by atoms with Crippen molar-refractivity contribution in [2.45, 2.75) is 282 Å². The zero-order valence-electron chi connectivity index (χ0n) is 55.7. The lowest BCUT2D eigenvalue weighted by Crippen LogP contribution is -2.55. The van der Waals surface area contributed by atoms with Crippen molar-refractivity contribution < 1.29 is 0 Å². The molecule has 0 heteroatoms. The molecule has 0 saturated heterocycles. The van der Waals surface area contributed by atoms with Crippen LogP contribution in [-0.4, -0.2) is 0 Å². The molecule has 0 aliphatic heterocycles. The van der Waals surface area contributed by atoms with Gasteiger partial charge in [-0.2, -0.15) is 0 Å². The molecule has 0 spiro atoms. The summed E-state index contributed by atoms with van der Waals surface area (Å²) in [6.45, 7) is 75.8. The van der Waals surface area contributed by atoms with Crippen molar-refractivity contribution >= 4 is 10.8 Å². The van der Waals surface area contributed by atoms with Gasteiger partial charge in [0.2, 0.25) is 0 Å². The molecule has 2 fully saturated rings. The summed E-state index contributed by atoms with van der Waals surface area (Å²) in [5, 5.41) is 2.81. The van der Waals surface area contributed by atoms with E-state index < -0.39 is 0 Å². The van der Waals surface area contributed by atoms with Crippen LogP contribution in [0.4, 0.5) is 0 Å². The molecule has 2 aliphatic rings. The molecule has 0 heterocycles. The quantitative estimate of drug-likeness (QED) is 0.134. The zero-order chi connectivity index (χ0) is 57.3. The fourth-order valence-electron chi connectivity index (χ4n) is 14.9. The number of hydrogen-bond donors (Lipinski definition) is 0. The Morgan fingerprint density at radius 3 is 0.446 bits per heavy atom. The predicted octanol–water partition coefficient (Wildman–Crippen LogP) is 24.5. The van der Waals surface area contributed by atoms with Gasteiger partial charge in [0.25, 0.3) is 0 Å². The number of benzene rings is 3. The molecule has 0 N–H and O–H groups in total. The molecular weight excluding hydrogens is 889 g/mol. The predicted molar refractivity (Wildman–Crippen MR) is 339 cm³/mol. The minimum Gasteiger partial charge on any atom is -0.0625 e. The molecule has 4 unspecified atom stereocenters. The molecule has 74 heavy (non-hydrogen) atoms. The van der Waals surface area contributed by atoms with Crippen molar-refractivity contribution in [3.63, 3.8) is 0 Å². The summed E-state index contributed by atoms with van der Waals surface area (Å²) in [5.74, 6) is 19.3. The highest BCUT2D eigenvalue weighted by atomic mass is 14.6. The van der Waals surface area contributed by atoms with Crippen LogP contribution in [0.3, 0.4) is 0 Å². The Morgan fingerprint density at radius 2 is 0.338 bits per heavy atom. The van der Waals surface area contributed by atoms with E-state index in [1.165, 1.54) is 68.1 Å². The molecule has 0 aromatic heterocycles. The highest BCUT2D eigenvalue weighted by molar-refractivity contribution is 5.86. The molecule has 0 radical (unpaired) electrons. The van der Waals surface area contributed by atoms with E-state index in [1.54, 1.807) is 0 Å². The lowest BCUT2D eigenvalue weighted by molar-refractivity contribution is -0.122. The van der Waals surface area contributed by atoms with Crippen LogP contribution in [0.25, 0.3) is 10.8 Å². The van der Waals surface area contributed by atoms with Gasteiger partial charge >= 0.3 is 0 Å². The first-order valence-electron chi connectivity index (χ1n) is 31.8. The standard InChI is InChI=1S/C22H32.C18H36.C18H30.C16H32/c1-13(2)19-9-17-11-21(15(5)6)22(16(7)8)12-18(17)10-20(19)14(3)4;2*1-11(2)15-9-17(13(5)6)18(14(7)8)10-16(15)12(3)4;1-9(2)13-14(10(3)4)16(12(7)8)15(13)11(5)6/h9-16H,1-8H3;11-18H,9-10H2,1-8H3;9-14H,1-8H3;9-16H,1-8H3. The monoisotopic (exact) mass is 1020 g/mol. The van der Waals surface area contributed by atoms with E-state index in [-0.39, 0.29) is 0 Å². The van der Waals surface area contributed by atoms with Crippen LogP contribution >= 0.6 is 0 Å². The van der Waals surface area contributed by atoms with E-state index in [0.717, 1.165) is 94.7 Å². The van der Waals surface area contributed by atoms with E-state index in [2.05, 4.69) is 258 Å². The second kappa shape index (κ2) is 29.8. The summed E-state index contributed by atoms with van der Waals surface area (Å²) >= 11 is 0. The Morgan fingerprint density at radius 1 is 0.203 bits per heavy atom. The Hall–Kier alpha value is -2.08. The highest BCUT2D eigenvalue weighted by Crippen LogP contribution is 2.58. The summed E-state index contributed by atoms with van der Waals surface area (Å²) < 4.78 is 0. The molecule has 2 aliphatic carbocycles. The molecule has 2 saturated carbocycles. The highest BCUT2D eigenvalue weighted by Gasteiger charge is 2.54. The van der Waals surface area contributed by atoms with Crippen LogP contribution in [0.2, 0.25) is 0 Å². The van der Waals surface area contributed by atoms with E-state index in [4.69, 9.17) is 0 Å². The van der Waals surface area contributed by atoms with Gasteiger partial charge < -0.3 is 0 Å². The second-order valence-electron chi connectivity index (χ2n) is 30.0. The third-order valence-corrected chi connectivity index (χ3v) is 19.0. The Bertz CT molecular complexity index is 1770. The maximum absolute atomic E-state index is 2.47. The van der Waals surface area contributed by atoms with Crippen LogP contribution < -0.4 is 0 Å². The average molecular weight is 1020 g/mol. The minimum absolute atomic E-state index is 0.578. The molecule has 0 amide bonds. The third-order valence-electron chi connectivity index (χ3n) is 19.0. The van der Waals surface area contributed by atoms with E-state index in [0.29, 0.717) is 47.3 Å². The topological polar surface area (TPSA) is 0 Å². The van der Waals surface area contributed by atoms with Gasteiger partial charge in [0.1, 0.15) is 0 Å². The van der Waals surface area contributed by atoms with Crippen LogP contribution in [0, 0.1) is 94.7 Å². The van der Waals surface area contributed by atoms with Crippen molar-refractivity contribution in [1.29, 1.82) is 0 Å². The van der Waals surface area contributed by atoms with Gasteiger partial charge in [0.15, 0.2) is 0 Å². The Balaban J connectivity index is 0.000000340. The lowest BCUT2D eigenvalue weighted by Gasteiger charge is -2.60. The maximum Gasteiger partial charge on any atom is -0.0178 e. The van der Waals surface area contributed by atoms with Crippen molar-refractivity contribution in [1.82, 2.24) is 0 Å². The molecule has 3 aromatic carbocycles. The van der Waals surface area contributed by atoms with Crippen LogP contribution in [0.1, 0.15) is 326 Å². The summed E-state index contributed by atoms with van der Waals surface area (Å²) in [7, 11) is 0. The fourth-order valence-corrected chi connectivity index (χ4v) is 14.9. The number of hydrogen-bond acceptors (Lipinski definition) is 0. The first-order valence-corrected chi connectivity index (χ1v) is 31.8. The van der Waals surface area contributed by atoms with Crippen molar-refractivity contribution in [2.24, 2.45) is 94.7 Å². The molecule has 3 aromatic rings. The summed E-state index contributed by atoms with van der Waals surface area (Å²) in [5.41, 5.74) is 12.2. The van der Waals surface area contributed by atoms with Gasteiger partial charge in [0.05, 0.1) is 0 Å². The fraction of sp³-hybridized carbons (Fsp3) is 0.784. The van der Waals surface area contributed by atoms with Crippen LogP contribution in [0.5, 0.6) is 0 Å². The van der Waals surface area contributed by atoms with Gasteiger partial charge in [-0.1, -0.05) is 258 Å². The van der Waals surface area contributed by atoms with Gasteiger partial charge in [-0.25, -0.2) is 0 Å². The summed E-state index contributed by atoms with van der Waals surface area (Å²) in [6.07, 6.45) is 2.95. The molecule has 426 valence electrons. The van der Waals surface area contributed by atoms with Gasteiger partial charge in [0, 0.05) is 0 Å². The number of fused-ring (bicyclic) bond motifs is 1. The first-order chi connectivity index (χ1) is 34.0. The molecular formula is C74H130. The Kier molecular flexibility index (Phi) is 27.4. The zero-order valence-corrected chi connectivity index (χ0v) is 55.7. The summed E-state index contributed by atoms with van der Waals surface area (Å²) in [6, 6.07) is 14.7. The van der Waals surface area contributed by atoms with E-state index in [9.17, 15) is 0 Å². The Labute approximate surface area is 465 Å². The first kappa shape index (κ1) is 68.0.